The SMILES string of the molecule is CCCCCCCCN(C)CCCCCCCC.CN(C)C. The van der Waals surface area contributed by atoms with Gasteiger partial charge >= 0.3 is 0 Å². The Balaban J connectivity index is 0. The molecule has 0 aliphatic carbocycles. The quantitative estimate of drug-likeness (QED) is 0.373. The van der Waals surface area contributed by atoms with Gasteiger partial charge in [0.2, 0.25) is 0 Å². The maximum absolute atomic E-state index is 2.53. The molecule has 0 spiro atoms. The van der Waals surface area contributed by atoms with Gasteiger partial charge in [-0.2, -0.15) is 0 Å². The highest BCUT2D eigenvalue weighted by atomic mass is 15.1. The second-order valence-electron chi connectivity index (χ2n) is 7.18. The monoisotopic (exact) mass is 314 g/mol. The van der Waals surface area contributed by atoms with Gasteiger partial charge in [-0.25, -0.2) is 0 Å². The maximum atomic E-state index is 2.53. The van der Waals surface area contributed by atoms with Crippen molar-refractivity contribution in [1.82, 2.24) is 9.80 Å². The normalized spacial score (nSPS) is 10.9. The molecule has 0 N–H and O–H groups in total. The van der Waals surface area contributed by atoms with E-state index in [4.69, 9.17) is 0 Å². The van der Waals surface area contributed by atoms with Crippen LogP contribution in [0.2, 0.25) is 0 Å². The Bertz CT molecular complexity index is 162. The molecule has 0 aliphatic heterocycles. The third-order valence-corrected chi connectivity index (χ3v) is 3.79. The second-order valence-corrected chi connectivity index (χ2v) is 7.18. The Labute approximate surface area is 142 Å². The summed E-state index contributed by atoms with van der Waals surface area (Å²) in [5.41, 5.74) is 0. The predicted molar refractivity (Wildman–Crippen MR) is 104 cm³/mol. The number of hydrogen-bond acceptors (Lipinski definition) is 2. The highest BCUT2D eigenvalue weighted by Gasteiger charge is 1.98. The molecule has 0 aromatic heterocycles. The first-order valence-electron chi connectivity index (χ1n) is 9.84. The fourth-order valence-electron chi connectivity index (χ4n) is 2.44. The van der Waals surface area contributed by atoms with Crippen LogP contribution < -0.4 is 0 Å². The summed E-state index contributed by atoms with van der Waals surface area (Å²) in [4.78, 5) is 4.53. The Morgan fingerprint density at radius 3 is 1.05 bits per heavy atom. The molecule has 0 fully saturated rings. The number of unbranched alkanes of at least 4 members (excludes halogenated alkanes) is 10. The molecule has 0 unspecified atom stereocenters. The van der Waals surface area contributed by atoms with Crippen molar-refractivity contribution < 1.29 is 0 Å². The summed E-state index contributed by atoms with van der Waals surface area (Å²) in [6.07, 6.45) is 17.0. The molecule has 0 radical (unpaired) electrons. The lowest BCUT2D eigenvalue weighted by atomic mass is 10.1. The van der Waals surface area contributed by atoms with E-state index in [2.05, 4.69) is 25.8 Å². The highest BCUT2D eigenvalue weighted by molar-refractivity contribution is 4.54. The number of nitrogens with zero attached hydrogens (tertiary/aromatic N) is 2. The number of hydrogen-bond donors (Lipinski definition) is 0. The predicted octanol–water partition coefficient (Wildman–Crippen LogP) is 5.82. The fourth-order valence-corrected chi connectivity index (χ4v) is 2.44. The molecule has 0 bridgehead atoms. The topological polar surface area (TPSA) is 6.48 Å². The molecule has 136 valence electrons. The van der Waals surface area contributed by atoms with Crippen molar-refractivity contribution in [2.24, 2.45) is 0 Å². The summed E-state index contributed by atoms with van der Waals surface area (Å²) in [6.45, 7) is 7.19. The van der Waals surface area contributed by atoms with Gasteiger partial charge in [-0.3, -0.25) is 0 Å². The Morgan fingerprint density at radius 1 is 0.455 bits per heavy atom. The molecule has 0 aromatic carbocycles. The Kier molecular flexibility index (Phi) is 23.0. The zero-order valence-corrected chi connectivity index (χ0v) is 16.8. The van der Waals surface area contributed by atoms with E-state index in [9.17, 15) is 0 Å². The summed E-state index contributed by atoms with van der Waals surface area (Å²) in [5, 5.41) is 0. The summed E-state index contributed by atoms with van der Waals surface area (Å²) in [5.74, 6) is 0. The van der Waals surface area contributed by atoms with E-state index in [-0.39, 0.29) is 0 Å². The van der Waals surface area contributed by atoms with Gasteiger partial charge < -0.3 is 9.80 Å². The largest absolute Gasteiger partial charge is 0.312 e. The molecule has 0 atom stereocenters. The summed E-state index contributed by atoms with van der Waals surface area (Å²) in [7, 11) is 8.29. The summed E-state index contributed by atoms with van der Waals surface area (Å²) in [6, 6.07) is 0. The van der Waals surface area contributed by atoms with E-state index in [1.165, 1.54) is 90.1 Å². The molecule has 0 heterocycles. The van der Waals surface area contributed by atoms with Crippen LogP contribution in [0.25, 0.3) is 0 Å². The third-order valence-electron chi connectivity index (χ3n) is 3.79. The van der Waals surface area contributed by atoms with Gasteiger partial charge in [0.15, 0.2) is 0 Å². The first-order valence-corrected chi connectivity index (χ1v) is 9.84. The maximum Gasteiger partial charge on any atom is -0.00218 e. The molecular formula is C20H46N2. The van der Waals surface area contributed by atoms with Crippen molar-refractivity contribution in [3.8, 4) is 0 Å². The van der Waals surface area contributed by atoms with E-state index in [0.717, 1.165) is 0 Å². The van der Waals surface area contributed by atoms with Crippen LogP contribution in [0.4, 0.5) is 0 Å². The minimum atomic E-state index is 1.31. The minimum Gasteiger partial charge on any atom is -0.312 e. The lowest BCUT2D eigenvalue weighted by molar-refractivity contribution is 0.314. The summed E-state index contributed by atoms with van der Waals surface area (Å²) >= 11 is 0. The lowest BCUT2D eigenvalue weighted by Gasteiger charge is -2.16. The molecule has 0 rings (SSSR count). The highest BCUT2D eigenvalue weighted by Crippen LogP contribution is 2.07. The fraction of sp³-hybridized carbons (Fsp3) is 1.00. The lowest BCUT2D eigenvalue weighted by Crippen LogP contribution is -2.20. The van der Waals surface area contributed by atoms with Gasteiger partial charge in [0.1, 0.15) is 0 Å². The van der Waals surface area contributed by atoms with Crippen molar-refractivity contribution in [2.45, 2.75) is 90.9 Å². The minimum absolute atomic E-state index is 1.31. The van der Waals surface area contributed by atoms with Crippen LogP contribution in [0.5, 0.6) is 0 Å². The molecule has 0 aliphatic rings. The van der Waals surface area contributed by atoms with Crippen LogP contribution in [0, 0.1) is 0 Å². The van der Waals surface area contributed by atoms with Gasteiger partial charge in [-0.05, 0) is 54.1 Å². The first-order chi connectivity index (χ1) is 10.5. The van der Waals surface area contributed by atoms with Gasteiger partial charge in [-0.15, -0.1) is 0 Å². The van der Waals surface area contributed by atoms with Crippen molar-refractivity contribution in [3.63, 3.8) is 0 Å². The molecule has 2 nitrogen and oxygen atoms in total. The summed E-state index contributed by atoms with van der Waals surface area (Å²) < 4.78 is 0. The Hall–Kier alpha value is -0.0800. The zero-order chi connectivity index (χ0) is 17.1. The van der Waals surface area contributed by atoms with Crippen LogP contribution >= 0.6 is 0 Å². The van der Waals surface area contributed by atoms with Crippen molar-refractivity contribution in [3.05, 3.63) is 0 Å². The molecule has 2 heteroatoms. The van der Waals surface area contributed by atoms with Gasteiger partial charge in [0.25, 0.3) is 0 Å². The molecule has 0 amide bonds. The zero-order valence-electron chi connectivity index (χ0n) is 16.8. The van der Waals surface area contributed by atoms with Crippen LogP contribution in [-0.4, -0.2) is 51.1 Å². The van der Waals surface area contributed by atoms with Crippen LogP contribution in [-0.2, 0) is 0 Å². The van der Waals surface area contributed by atoms with E-state index in [1.54, 1.807) is 0 Å². The van der Waals surface area contributed by atoms with Crippen molar-refractivity contribution in [2.75, 3.05) is 41.3 Å². The van der Waals surface area contributed by atoms with E-state index in [0.29, 0.717) is 0 Å². The average Bonchev–Trinajstić information content (AvgIpc) is 2.46. The van der Waals surface area contributed by atoms with E-state index >= 15 is 0 Å². The average molecular weight is 315 g/mol. The first kappa shape index (κ1) is 24.2. The molecule has 0 aromatic rings. The van der Waals surface area contributed by atoms with Crippen LogP contribution in [0.1, 0.15) is 90.9 Å². The van der Waals surface area contributed by atoms with Gasteiger partial charge in [0.05, 0.1) is 0 Å². The standard InChI is InChI=1S/C17H37N.C3H9N/c1-4-6-8-10-12-14-16-18(3)17-15-13-11-9-7-5-2;1-4(2)3/h4-17H2,1-3H3;1-3H3. The van der Waals surface area contributed by atoms with Crippen molar-refractivity contribution >= 4 is 0 Å². The Morgan fingerprint density at radius 2 is 0.727 bits per heavy atom. The van der Waals surface area contributed by atoms with Crippen LogP contribution in [0.3, 0.4) is 0 Å². The third kappa shape index (κ3) is 28.1. The smallest absolute Gasteiger partial charge is 0.00218 e. The van der Waals surface area contributed by atoms with Gasteiger partial charge in [-0.1, -0.05) is 78.1 Å². The second kappa shape index (κ2) is 20.9. The molecular weight excluding hydrogens is 268 g/mol. The molecule has 22 heavy (non-hydrogen) atoms. The number of rotatable bonds is 14. The molecule has 0 saturated carbocycles. The van der Waals surface area contributed by atoms with E-state index in [1.807, 2.05) is 26.0 Å². The van der Waals surface area contributed by atoms with Gasteiger partial charge in [0, 0.05) is 0 Å². The molecule has 0 saturated heterocycles. The van der Waals surface area contributed by atoms with Crippen molar-refractivity contribution in [1.29, 1.82) is 0 Å². The van der Waals surface area contributed by atoms with E-state index < -0.39 is 0 Å². The van der Waals surface area contributed by atoms with Crippen LogP contribution in [0.15, 0.2) is 0 Å².